The lowest BCUT2D eigenvalue weighted by atomic mass is 10.2. The van der Waals surface area contributed by atoms with Crippen molar-refractivity contribution >= 4 is 17.9 Å². The Bertz CT molecular complexity index is 319. The van der Waals surface area contributed by atoms with Crippen LogP contribution in [0, 0.1) is 0 Å². The van der Waals surface area contributed by atoms with Crippen molar-refractivity contribution in [2.75, 3.05) is 7.05 Å². The van der Waals surface area contributed by atoms with E-state index in [9.17, 15) is 14.4 Å². The topological polar surface area (TPSA) is 113 Å². The van der Waals surface area contributed by atoms with Crippen LogP contribution in [0.4, 0.5) is 4.79 Å². The molecule has 4 N–H and O–H groups in total. The minimum absolute atomic E-state index is 0.00183. The molecule has 0 aliphatic heterocycles. The number of carbonyl (C=O) groups is 3. The zero-order valence-corrected chi connectivity index (χ0v) is 11.0. The number of amides is 3. The van der Waals surface area contributed by atoms with E-state index < -0.39 is 30.4 Å². The van der Waals surface area contributed by atoms with Gasteiger partial charge in [0.25, 0.3) is 0 Å². The molecule has 0 aromatic rings. The van der Waals surface area contributed by atoms with Crippen LogP contribution in [0.15, 0.2) is 0 Å². The Kier molecular flexibility index (Phi) is 6.77. The predicted octanol–water partition coefficient (Wildman–Crippen LogP) is 0.145. The fourth-order valence-corrected chi connectivity index (χ4v) is 1.46. The van der Waals surface area contributed by atoms with Crippen molar-refractivity contribution in [2.24, 2.45) is 5.73 Å². The Morgan fingerprint density at radius 2 is 1.94 bits per heavy atom. The first-order valence-electron chi connectivity index (χ1n) is 5.84. The molecule has 0 radical (unpaired) electrons. The summed E-state index contributed by atoms with van der Waals surface area (Å²) >= 11 is 0. The van der Waals surface area contributed by atoms with Crippen molar-refractivity contribution in [3.05, 3.63) is 0 Å². The molecular weight excluding hydrogens is 238 g/mol. The summed E-state index contributed by atoms with van der Waals surface area (Å²) in [6, 6.07) is -1.81. The molecule has 104 valence electrons. The highest BCUT2D eigenvalue weighted by molar-refractivity contribution is 5.87. The van der Waals surface area contributed by atoms with Gasteiger partial charge in [0.1, 0.15) is 6.04 Å². The van der Waals surface area contributed by atoms with E-state index in [1.807, 2.05) is 13.8 Å². The second-order valence-electron chi connectivity index (χ2n) is 4.26. The molecule has 0 saturated carbocycles. The number of carboxylic acids is 1. The summed E-state index contributed by atoms with van der Waals surface area (Å²) in [4.78, 5) is 34.7. The Labute approximate surface area is 106 Å². The molecular formula is C11H21N3O4. The molecule has 18 heavy (non-hydrogen) atoms. The summed E-state index contributed by atoms with van der Waals surface area (Å²) < 4.78 is 0. The average molecular weight is 259 g/mol. The van der Waals surface area contributed by atoms with Crippen molar-refractivity contribution in [3.63, 3.8) is 0 Å². The number of nitrogens with one attached hydrogen (secondary N) is 1. The summed E-state index contributed by atoms with van der Waals surface area (Å²) in [5.74, 6) is -2.05. The van der Waals surface area contributed by atoms with Crippen LogP contribution in [0.25, 0.3) is 0 Å². The van der Waals surface area contributed by atoms with Crippen LogP contribution >= 0.6 is 0 Å². The van der Waals surface area contributed by atoms with Crippen molar-refractivity contribution in [3.8, 4) is 0 Å². The van der Waals surface area contributed by atoms with Crippen LogP contribution in [0.5, 0.6) is 0 Å². The van der Waals surface area contributed by atoms with Crippen LogP contribution in [0.3, 0.4) is 0 Å². The van der Waals surface area contributed by atoms with Gasteiger partial charge in [-0.05, 0) is 13.3 Å². The third-order valence-electron chi connectivity index (χ3n) is 2.69. The zero-order valence-electron chi connectivity index (χ0n) is 11.0. The van der Waals surface area contributed by atoms with Gasteiger partial charge in [-0.3, -0.25) is 4.79 Å². The van der Waals surface area contributed by atoms with E-state index in [4.69, 9.17) is 10.8 Å². The number of hydrogen-bond donors (Lipinski definition) is 3. The number of carbonyl (C=O) groups excluding carboxylic acids is 2. The fraction of sp³-hybridized carbons (Fsp3) is 0.727. The number of hydrogen-bond acceptors (Lipinski definition) is 3. The van der Waals surface area contributed by atoms with Crippen LogP contribution < -0.4 is 11.1 Å². The van der Waals surface area contributed by atoms with E-state index >= 15 is 0 Å². The number of carboxylic acid groups (broad SMARTS) is 1. The first kappa shape index (κ1) is 16.2. The first-order valence-corrected chi connectivity index (χ1v) is 5.84. The number of primary amides is 1. The number of nitrogens with zero attached hydrogens (tertiary/aromatic N) is 1. The van der Waals surface area contributed by atoms with Gasteiger partial charge < -0.3 is 21.1 Å². The van der Waals surface area contributed by atoms with E-state index in [1.54, 1.807) is 7.05 Å². The lowest BCUT2D eigenvalue weighted by molar-refractivity contribution is -0.141. The van der Waals surface area contributed by atoms with Crippen LogP contribution in [-0.4, -0.2) is 47.0 Å². The van der Waals surface area contributed by atoms with Gasteiger partial charge in [0.15, 0.2) is 0 Å². The molecule has 3 amide bonds. The molecule has 0 aliphatic carbocycles. The maximum Gasteiger partial charge on any atom is 0.326 e. The van der Waals surface area contributed by atoms with E-state index in [1.165, 1.54) is 4.90 Å². The van der Waals surface area contributed by atoms with Gasteiger partial charge in [-0.25, -0.2) is 9.59 Å². The van der Waals surface area contributed by atoms with E-state index in [0.29, 0.717) is 0 Å². The fourth-order valence-electron chi connectivity index (χ4n) is 1.46. The summed E-state index contributed by atoms with van der Waals surface area (Å²) in [5.41, 5.74) is 4.92. The maximum absolute atomic E-state index is 11.8. The lowest BCUT2D eigenvalue weighted by Gasteiger charge is -2.26. The minimum Gasteiger partial charge on any atom is -0.480 e. The molecule has 0 saturated heterocycles. The quantitative estimate of drug-likeness (QED) is 0.603. The maximum atomic E-state index is 11.8. The molecule has 0 spiro atoms. The third kappa shape index (κ3) is 5.51. The molecule has 0 rings (SSSR count). The van der Waals surface area contributed by atoms with Gasteiger partial charge in [0, 0.05) is 13.1 Å². The summed E-state index contributed by atoms with van der Waals surface area (Å²) in [6.45, 7) is 3.86. The molecule has 0 aromatic heterocycles. The lowest BCUT2D eigenvalue weighted by Crippen LogP contribution is -2.50. The van der Waals surface area contributed by atoms with Gasteiger partial charge in [-0.2, -0.15) is 0 Å². The third-order valence-corrected chi connectivity index (χ3v) is 2.69. The highest BCUT2D eigenvalue weighted by Gasteiger charge is 2.24. The Morgan fingerprint density at radius 3 is 2.33 bits per heavy atom. The molecule has 1 unspecified atom stereocenters. The van der Waals surface area contributed by atoms with Crippen molar-refractivity contribution in [1.82, 2.24) is 10.2 Å². The van der Waals surface area contributed by atoms with Crippen molar-refractivity contribution in [1.29, 1.82) is 0 Å². The van der Waals surface area contributed by atoms with Gasteiger partial charge in [0.05, 0.1) is 6.42 Å². The largest absolute Gasteiger partial charge is 0.480 e. The smallest absolute Gasteiger partial charge is 0.326 e. The van der Waals surface area contributed by atoms with Crippen molar-refractivity contribution < 1.29 is 19.5 Å². The number of nitrogens with two attached hydrogens (primary N) is 1. The average Bonchev–Trinajstić information content (AvgIpc) is 2.26. The van der Waals surface area contributed by atoms with Gasteiger partial charge in [-0.15, -0.1) is 0 Å². The SMILES string of the molecule is CCCC(C)N(C)C(=O)N[C@H](CC(N)=O)C(=O)O. The van der Waals surface area contributed by atoms with Gasteiger partial charge >= 0.3 is 12.0 Å². The predicted molar refractivity (Wildman–Crippen MR) is 65.9 cm³/mol. The first-order chi connectivity index (χ1) is 8.29. The van der Waals surface area contributed by atoms with Crippen LogP contribution in [0.2, 0.25) is 0 Å². The van der Waals surface area contributed by atoms with Crippen LogP contribution in [0.1, 0.15) is 33.1 Å². The van der Waals surface area contributed by atoms with E-state index in [0.717, 1.165) is 12.8 Å². The standard InChI is InChI=1S/C11H21N3O4/c1-4-5-7(2)14(3)11(18)13-8(10(16)17)6-9(12)15/h7-8H,4-6H2,1-3H3,(H2,12,15)(H,13,18)(H,16,17)/t7?,8-/m1/s1. The van der Waals surface area contributed by atoms with Crippen molar-refractivity contribution in [2.45, 2.75) is 45.2 Å². The second-order valence-corrected chi connectivity index (χ2v) is 4.26. The monoisotopic (exact) mass is 259 g/mol. The highest BCUT2D eigenvalue weighted by Crippen LogP contribution is 2.05. The number of rotatable bonds is 7. The molecule has 0 aromatic carbocycles. The summed E-state index contributed by atoms with van der Waals surface area (Å²) in [6.07, 6.45) is 1.32. The minimum atomic E-state index is -1.29. The Hall–Kier alpha value is -1.79. The number of aliphatic carboxylic acids is 1. The Morgan fingerprint density at radius 1 is 1.39 bits per heavy atom. The van der Waals surface area contributed by atoms with Gasteiger partial charge in [-0.1, -0.05) is 13.3 Å². The molecule has 0 bridgehead atoms. The highest BCUT2D eigenvalue weighted by atomic mass is 16.4. The van der Waals surface area contributed by atoms with Gasteiger partial charge in [0.2, 0.25) is 5.91 Å². The molecule has 0 fully saturated rings. The summed E-state index contributed by atoms with van der Waals surface area (Å²) in [7, 11) is 1.58. The summed E-state index contributed by atoms with van der Waals surface area (Å²) in [5, 5.41) is 11.1. The Balaban J connectivity index is 4.49. The normalized spacial score (nSPS) is 13.5. The van der Waals surface area contributed by atoms with E-state index in [-0.39, 0.29) is 6.04 Å². The molecule has 0 aliphatic rings. The molecule has 2 atom stereocenters. The molecule has 7 heteroatoms. The molecule has 0 heterocycles. The van der Waals surface area contributed by atoms with E-state index in [2.05, 4.69) is 5.32 Å². The molecule has 7 nitrogen and oxygen atoms in total. The van der Waals surface area contributed by atoms with Crippen LogP contribution in [-0.2, 0) is 9.59 Å². The number of urea groups is 1. The zero-order chi connectivity index (χ0) is 14.3. The second kappa shape index (κ2) is 7.52.